The normalized spacial score (nSPS) is 19.3. The summed E-state index contributed by atoms with van der Waals surface area (Å²) < 4.78 is 0. The van der Waals surface area contributed by atoms with Crippen molar-refractivity contribution in [2.75, 3.05) is 16.8 Å². The van der Waals surface area contributed by atoms with Crippen molar-refractivity contribution in [2.24, 2.45) is 0 Å². The fourth-order valence-electron chi connectivity index (χ4n) is 2.90. The molecule has 4 heteroatoms. The highest BCUT2D eigenvalue weighted by Gasteiger charge is 2.32. The lowest BCUT2D eigenvalue weighted by Crippen LogP contribution is -2.45. The molecule has 1 aromatic rings. The Morgan fingerprint density at radius 3 is 2.83 bits per heavy atom. The lowest BCUT2D eigenvalue weighted by atomic mass is 10.1. The van der Waals surface area contributed by atoms with E-state index >= 15 is 0 Å². The molecular formula is C14H15N3O. The van der Waals surface area contributed by atoms with Gasteiger partial charge in [0.25, 0.3) is 0 Å². The number of hydrogen-bond donors (Lipinski definition) is 1. The number of amides is 1. The van der Waals surface area contributed by atoms with Gasteiger partial charge < -0.3 is 10.2 Å². The lowest BCUT2D eigenvalue weighted by Gasteiger charge is -2.34. The summed E-state index contributed by atoms with van der Waals surface area (Å²) in [6.45, 7) is 0.357. The van der Waals surface area contributed by atoms with E-state index in [2.05, 4.69) is 11.4 Å². The van der Waals surface area contributed by atoms with Crippen molar-refractivity contribution in [3.63, 3.8) is 0 Å². The van der Waals surface area contributed by atoms with Gasteiger partial charge >= 0.3 is 0 Å². The summed E-state index contributed by atoms with van der Waals surface area (Å²) in [6.07, 6.45) is 4.52. The molecule has 92 valence electrons. The second-order valence-electron chi connectivity index (χ2n) is 4.90. The first-order chi connectivity index (χ1) is 8.79. The van der Waals surface area contributed by atoms with Crippen LogP contribution in [-0.2, 0) is 4.79 Å². The summed E-state index contributed by atoms with van der Waals surface area (Å²) in [4.78, 5) is 14.0. The molecule has 0 unspecified atom stereocenters. The van der Waals surface area contributed by atoms with E-state index in [0.29, 0.717) is 18.2 Å². The number of carbonyl (C=O) groups excluding carboxylic acids is 1. The van der Waals surface area contributed by atoms with E-state index in [1.807, 2.05) is 17.0 Å². The highest BCUT2D eigenvalue weighted by Crippen LogP contribution is 2.36. The van der Waals surface area contributed by atoms with Crippen LogP contribution in [0.1, 0.15) is 31.2 Å². The molecule has 1 aliphatic heterocycles. The lowest BCUT2D eigenvalue weighted by molar-refractivity contribution is -0.117. The van der Waals surface area contributed by atoms with E-state index in [0.717, 1.165) is 24.2 Å². The van der Waals surface area contributed by atoms with Gasteiger partial charge in [-0.1, -0.05) is 12.8 Å². The van der Waals surface area contributed by atoms with Crippen molar-refractivity contribution in [1.82, 2.24) is 0 Å². The van der Waals surface area contributed by atoms with Crippen molar-refractivity contribution in [1.29, 1.82) is 5.26 Å². The quantitative estimate of drug-likeness (QED) is 0.820. The average molecular weight is 241 g/mol. The van der Waals surface area contributed by atoms with Crippen molar-refractivity contribution >= 4 is 17.3 Å². The van der Waals surface area contributed by atoms with Gasteiger partial charge in [-0.25, -0.2) is 0 Å². The number of hydrogen-bond acceptors (Lipinski definition) is 3. The van der Waals surface area contributed by atoms with Crippen LogP contribution >= 0.6 is 0 Å². The molecule has 0 bridgehead atoms. The zero-order chi connectivity index (χ0) is 12.5. The molecule has 0 atom stereocenters. The van der Waals surface area contributed by atoms with Gasteiger partial charge in [-0.3, -0.25) is 4.79 Å². The Morgan fingerprint density at radius 1 is 1.33 bits per heavy atom. The van der Waals surface area contributed by atoms with E-state index in [1.165, 1.54) is 12.8 Å². The minimum atomic E-state index is 0.115. The molecule has 4 nitrogen and oxygen atoms in total. The Morgan fingerprint density at radius 2 is 2.11 bits per heavy atom. The Kier molecular flexibility index (Phi) is 2.67. The maximum absolute atomic E-state index is 12.1. The summed E-state index contributed by atoms with van der Waals surface area (Å²) in [5.41, 5.74) is 2.44. The summed E-state index contributed by atoms with van der Waals surface area (Å²) in [5.74, 6) is 0.115. The molecule has 1 saturated carbocycles. The van der Waals surface area contributed by atoms with Crippen LogP contribution in [0.4, 0.5) is 11.4 Å². The Hall–Kier alpha value is -2.02. The molecule has 0 radical (unpaired) electrons. The van der Waals surface area contributed by atoms with Crippen LogP contribution < -0.4 is 10.2 Å². The van der Waals surface area contributed by atoms with Gasteiger partial charge in [-0.05, 0) is 31.0 Å². The predicted octanol–water partition coefficient (Wildman–Crippen LogP) is 2.26. The van der Waals surface area contributed by atoms with E-state index < -0.39 is 0 Å². The van der Waals surface area contributed by atoms with Gasteiger partial charge in [-0.2, -0.15) is 5.26 Å². The summed E-state index contributed by atoms with van der Waals surface area (Å²) >= 11 is 0. The second kappa shape index (κ2) is 4.34. The van der Waals surface area contributed by atoms with Gasteiger partial charge in [0, 0.05) is 6.04 Å². The molecule has 1 N–H and O–H groups in total. The van der Waals surface area contributed by atoms with Crippen LogP contribution in [0.3, 0.4) is 0 Å². The molecule has 1 fully saturated rings. The monoisotopic (exact) mass is 241 g/mol. The van der Waals surface area contributed by atoms with Gasteiger partial charge in [0.1, 0.15) is 0 Å². The number of nitriles is 1. The van der Waals surface area contributed by atoms with Crippen molar-refractivity contribution < 1.29 is 4.79 Å². The maximum Gasteiger partial charge on any atom is 0.246 e. The van der Waals surface area contributed by atoms with Crippen LogP contribution in [0.2, 0.25) is 0 Å². The number of benzene rings is 1. The van der Waals surface area contributed by atoms with E-state index in [9.17, 15) is 4.79 Å². The molecule has 2 aliphatic rings. The number of anilines is 2. The molecule has 3 rings (SSSR count). The standard InChI is InChI=1S/C14H15N3O/c15-8-10-5-6-12-13(7-10)17(14(18)9-16-12)11-3-1-2-4-11/h5-7,11,16H,1-4,9H2. The molecule has 1 amide bonds. The number of fused-ring (bicyclic) bond motifs is 1. The molecule has 1 heterocycles. The van der Waals surface area contributed by atoms with E-state index in [4.69, 9.17) is 5.26 Å². The predicted molar refractivity (Wildman–Crippen MR) is 69.4 cm³/mol. The van der Waals surface area contributed by atoms with E-state index in [1.54, 1.807) is 6.07 Å². The Balaban J connectivity index is 2.04. The Labute approximate surface area is 106 Å². The maximum atomic E-state index is 12.1. The highest BCUT2D eigenvalue weighted by molar-refractivity contribution is 6.03. The number of rotatable bonds is 1. The third-order valence-corrected chi connectivity index (χ3v) is 3.77. The molecular weight excluding hydrogens is 226 g/mol. The highest BCUT2D eigenvalue weighted by atomic mass is 16.2. The molecule has 0 saturated heterocycles. The SMILES string of the molecule is N#Cc1ccc2c(c1)N(C1CCCC1)C(=O)CN2. The van der Waals surface area contributed by atoms with Crippen LogP contribution in [0.25, 0.3) is 0 Å². The average Bonchev–Trinajstić information content (AvgIpc) is 2.91. The van der Waals surface area contributed by atoms with Gasteiger partial charge in [-0.15, -0.1) is 0 Å². The smallest absolute Gasteiger partial charge is 0.246 e. The topological polar surface area (TPSA) is 56.1 Å². The Bertz CT molecular complexity index is 526. The fraction of sp³-hybridized carbons (Fsp3) is 0.429. The number of carbonyl (C=O) groups is 1. The largest absolute Gasteiger partial charge is 0.374 e. The molecule has 0 spiro atoms. The van der Waals surface area contributed by atoms with Crippen molar-refractivity contribution in [2.45, 2.75) is 31.7 Å². The van der Waals surface area contributed by atoms with Crippen molar-refractivity contribution in [3.8, 4) is 6.07 Å². The zero-order valence-electron chi connectivity index (χ0n) is 10.1. The fourth-order valence-corrected chi connectivity index (χ4v) is 2.90. The molecule has 0 aromatic heterocycles. The van der Waals surface area contributed by atoms with Gasteiger partial charge in [0.15, 0.2) is 0 Å². The number of nitrogens with zero attached hydrogens (tertiary/aromatic N) is 2. The first-order valence-electron chi connectivity index (χ1n) is 6.39. The molecule has 18 heavy (non-hydrogen) atoms. The second-order valence-corrected chi connectivity index (χ2v) is 4.90. The van der Waals surface area contributed by atoms with Gasteiger partial charge in [0.2, 0.25) is 5.91 Å². The van der Waals surface area contributed by atoms with Crippen LogP contribution in [0, 0.1) is 11.3 Å². The summed E-state index contributed by atoms with van der Waals surface area (Å²) in [7, 11) is 0. The minimum absolute atomic E-state index is 0.115. The third-order valence-electron chi connectivity index (χ3n) is 3.77. The first kappa shape index (κ1) is 11.1. The third kappa shape index (κ3) is 1.72. The van der Waals surface area contributed by atoms with Crippen molar-refractivity contribution in [3.05, 3.63) is 23.8 Å². The summed E-state index contributed by atoms with van der Waals surface area (Å²) in [5, 5.41) is 12.1. The van der Waals surface area contributed by atoms with Crippen LogP contribution in [0.15, 0.2) is 18.2 Å². The number of nitrogens with one attached hydrogen (secondary N) is 1. The van der Waals surface area contributed by atoms with Crippen LogP contribution in [0.5, 0.6) is 0 Å². The van der Waals surface area contributed by atoms with E-state index in [-0.39, 0.29) is 5.91 Å². The molecule has 1 aromatic carbocycles. The van der Waals surface area contributed by atoms with Crippen LogP contribution in [-0.4, -0.2) is 18.5 Å². The zero-order valence-corrected chi connectivity index (χ0v) is 10.1. The summed E-state index contributed by atoms with van der Waals surface area (Å²) in [6, 6.07) is 7.94. The van der Waals surface area contributed by atoms with Gasteiger partial charge in [0.05, 0.1) is 29.6 Å². The first-order valence-corrected chi connectivity index (χ1v) is 6.39. The minimum Gasteiger partial charge on any atom is -0.374 e. The molecule has 1 aliphatic carbocycles.